The normalized spacial score (nSPS) is 12.3. The lowest BCUT2D eigenvalue weighted by Gasteiger charge is -2.31. The molecule has 0 N–H and O–H groups in total. The number of carbonyl (C=O) groups excluding carboxylic acids is 1. The highest BCUT2D eigenvalue weighted by Crippen LogP contribution is 2.25. The molecule has 3 aromatic rings. The average molecular weight is 534 g/mol. The van der Waals surface area contributed by atoms with Crippen LogP contribution in [0, 0.1) is 41.5 Å². The third-order valence-corrected chi connectivity index (χ3v) is 6.97. The fourth-order valence-corrected chi connectivity index (χ4v) is 4.33. The fraction of sp³-hybridized carbons (Fsp3) is 0.441. The topological polar surface area (TPSA) is 48.0 Å². The van der Waals surface area contributed by atoms with Crippen molar-refractivity contribution in [1.29, 1.82) is 0 Å². The molecule has 2 unspecified atom stereocenters. The second kappa shape index (κ2) is 15.3. The van der Waals surface area contributed by atoms with Crippen LogP contribution in [-0.2, 0) is 4.79 Å². The van der Waals surface area contributed by atoms with E-state index in [4.69, 9.17) is 14.2 Å². The van der Waals surface area contributed by atoms with Gasteiger partial charge in [-0.3, -0.25) is 9.69 Å². The number of rotatable bonds is 11. The van der Waals surface area contributed by atoms with Crippen LogP contribution in [0.15, 0.2) is 54.6 Å². The first-order valence-corrected chi connectivity index (χ1v) is 13.7. The third kappa shape index (κ3) is 9.74. The van der Waals surface area contributed by atoms with Crippen molar-refractivity contribution in [1.82, 2.24) is 4.90 Å². The van der Waals surface area contributed by atoms with E-state index in [0.29, 0.717) is 25.3 Å². The molecule has 39 heavy (non-hydrogen) atoms. The van der Waals surface area contributed by atoms with Crippen LogP contribution in [-0.4, -0.2) is 49.6 Å². The van der Waals surface area contributed by atoms with Gasteiger partial charge in [0.1, 0.15) is 37.1 Å². The van der Waals surface area contributed by atoms with Gasteiger partial charge in [-0.2, -0.15) is 0 Å². The summed E-state index contributed by atoms with van der Waals surface area (Å²) in [5.74, 6) is 2.89. The molecule has 212 valence electrons. The zero-order chi connectivity index (χ0) is 29.1. The van der Waals surface area contributed by atoms with Gasteiger partial charge < -0.3 is 14.2 Å². The lowest BCUT2D eigenvalue weighted by Crippen LogP contribution is -2.43. The molecule has 0 saturated carbocycles. The summed E-state index contributed by atoms with van der Waals surface area (Å²) in [5, 5.41) is 0. The standard InChI is InChI=1S/C23H33NO2.C11H14O2/c1-16-10-8-11-17(2)22(16)25-14-20(5)24(7)21(6)15-26-23-18(3)12-9-13-19(23)4;1-8-5-4-6-9(2)11(8)13-7-10(3)12/h8-13,20-21H,14-15H2,1-7H3;4-6H,7H2,1-3H3. The summed E-state index contributed by atoms with van der Waals surface area (Å²) in [6, 6.07) is 19.0. The van der Waals surface area contributed by atoms with E-state index in [2.05, 4.69) is 89.9 Å². The molecule has 0 aliphatic carbocycles. The smallest absolute Gasteiger partial charge is 0.167 e. The Morgan fingerprint density at radius 3 is 1.18 bits per heavy atom. The zero-order valence-corrected chi connectivity index (χ0v) is 25.6. The number of hydrogen-bond donors (Lipinski definition) is 0. The minimum absolute atomic E-state index is 0.0441. The molecular formula is C34H47NO4. The Bertz CT molecular complexity index is 1100. The molecule has 0 aliphatic rings. The summed E-state index contributed by atoms with van der Waals surface area (Å²) < 4.78 is 17.6. The highest BCUT2D eigenvalue weighted by atomic mass is 16.5. The first-order chi connectivity index (χ1) is 18.4. The molecule has 0 radical (unpaired) electrons. The largest absolute Gasteiger partial charge is 0.491 e. The number of likely N-dealkylation sites (N-methyl/N-ethyl adjacent to an activating group) is 1. The number of hydrogen-bond acceptors (Lipinski definition) is 5. The minimum atomic E-state index is 0.0441. The van der Waals surface area contributed by atoms with Crippen LogP contribution in [0.3, 0.4) is 0 Å². The number of para-hydroxylation sites is 3. The number of ketones is 1. The van der Waals surface area contributed by atoms with E-state index in [9.17, 15) is 4.79 Å². The van der Waals surface area contributed by atoms with Crippen molar-refractivity contribution in [2.75, 3.05) is 26.9 Å². The summed E-state index contributed by atoms with van der Waals surface area (Å²) in [5.41, 5.74) is 6.89. The van der Waals surface area contributed by atoms with Crippen LogP contribution >= 0.6 is 0 Å². The van der Waals surface area contributed by atoms with Crippen molar-refractivity contribution < 1.29 is 19.0 Å². The summed E-state index contributed by atoms with van der Waals surface area (Å²) in [7, 11) is 2.14. The number of ether oxygens (including phenoxy) is 3. The van der Waals surface area contributed by atoms with Gasteiger partial charge in [0.05, 0.1) is 0 Å². The van der Waals surface area contributed by atoms with Crippen molar-refractivity contribution in [3.8, 4) is 17.2 Å². The Morgan fingerprint density at radius 2 is 0.897 bits per heavy atom. The van der Waals surface area contributed by atoms with Gasteiger partial charge in [-0.05, 0) is 103 Å². The van der Waals surface area contributed by atoms with Crippen LogP contribution < -0.4 is 14.2 Å². The van der Waals surface area contributed by atoms with E-state index >= 15 is 0 Å². The molecule has 3 rings (SSSR count). The van der Waals surface area contributed by atoms with E-state index in [0.717, 1.165) is 28.4 Å². The fourth-order valence-electron chi connectivity index (χ4n) is 4.33. The van der Waals surface area contributed by atoms with Gasteiger partial charge >= 0.3 is 0 Å². The summed E-state index contributed by atoms with van der Waals surface area (Å²) in [6.07, 6.45) is 0. The molecule has 0 aromatic heterocycles. The number of nitrogens with zero attached hydrogens (tertiary/aromatic N) is 1. The molecule has 0 amide bonds. The number of carbonyl (C=O) groups is 1. The van der Waals surface area contributed by atoms with E-state index < -0.39 is 0 Å². The van der Waals surface area contributed by atoms with Crippen molar-refractivity contribution in [3.63, 3.8) is 0 Å². The molecule has 3 aromatic carbocycles. The highest BCUT2D eigenvalue weighted by molar-refractivity contribution is 5.77. The molecular weight excluding hydrogens is 486 g/mol. The highest BCUT2D eigenvalue weighted by Gasteiger charge is 2.18. The van der Waals surface area contributed by atoms with Gasteiger partial charge in [0.2, 0.25) is 0 Å². The maximum absolute atomic E-state index is 10.7. The summed E-state index contributed by atoms with van der Waals surface area (Å²) >= 11 is 0. The monoisotopic (exact) mass is 533 g/mol. The van der Waals surface area contributed by atoms with E-state index in [1.165, 1.54) is 29.2 Å². The van der Waals surface area contributed by atoms with Crippen LogP contribution in [0.4, 0.5) is 0 Å². The van der Waals surface area contributed by atoms with Crippen molar-refractivity contribution in [2.24, 2.45) is 0 Å². The molecule has 0 bridgehead atoms. The molecule has 2 atom stereocenters. The molecule has 0 heterocycles. The van der Waals surface area contributed by atoms with Gasteiger partial charge in [-0.25, -0.2) is 0 Å². The van der Waals surface area contributed by atoms with Crippen molar-refractivity contribution in [2.45, 2.75) is 74.4 Å². The average Bonchev–Trinajstić information content (AvgIpc) is 2.87. The number of Topliss-reactive ketones (excluding diaryl/α,β-unsaturated/α-hetero) is 1. The molecule has 5 heteroatoms. The van der Waals surface area contributed by atoms with Crippen LogP contribution in [0.2, 0.25) is 0 Å². The van der Waals surface area contributed by atoms with Gasteiger partial charge in [0.25, 0.3) is 0 Å². The van der Waals surface area contributed by atoms with Gasteiger partial charge in [0.15, 0.2) is 5.78 Å². The quantitative estimate of drug-likeness (QED) is 0.258. The van der Waals surface area contributed by atoms with Gasteiger partial charge in [0, 0.05) is 12.1 Å². The SMILES string of the molecule is CC(=O)COc1c(C)cccc1C.Cc1cccc(C)c1OCC(C)N(C)C(C)COc1c(C)cccc1C. The van der Waals surface area contributed by atoms with Crippen LogP contribution in [0.1, 0.15) is 54.2 Å². The van der Waals surface area contributed by atoms with E-state index in [1.807, 2.05) is 32.0 Å². The predicted molar refractivity (Wildman–Crippen MR) is 162 cm³/mol. The van der Waals surface area contributed by atoms with E-state index in [-0.39, 0.29) is 12.4 Å². The van der Waals surface area contributed by atoms with Gasteiger partial charge in [-0.15, -0.1) is 0 Å². The first kappa shape index (κ1) is 31.9. The number of aryl methyl sites for hydroxylation is 6. The molecule has 5 nitrogen and oxygen atoms in total. The maximum Gasteiger partial charge on any atom is 0.167 e. The summed E-state index contributed by atoms with van der Waals surface area (Å²) in [4.78, 5) is 13.0. The second-order valence-corrected chi connectivity index (χ2v) is 10.6. The maximum atomic E-state index is 10.7. The lowest BCUT2D eigenvalue weighted by atomic mass is 10.1. The number of benzene rings is 3. The van der Waals surface area contributed by atoms with Gasteiger partial charge in [-0.1, -0.05) is 54.6 Å². The van der Waals surface area contributed by atoms with E-state index in [1.54, 1.807) is 0 Å². The Morgan fingerprint density at radius 1 is 0.615 bits per heavy atom. The lowest BCUT2D eigenvalue weighted by molar-refractivity contribution is -0.118. The van der Waals surface area contributed by atoms with Crippen molar-refractivity contribution in [3.05, 3.63) is 88.0 Å². The Balaban J connectivity index is 0.000000344. The minimum Gasteiger partial charge on any atom is -0.491 e. The first-order valence-electron chi connectivity index (χ1n) is 13.7. The zero-order valence-electron chi connectivity index (χ0n) is 25.6. The Labute approximate surface area is 236 Å². The van der Waals surface area contributed by atoms with Crippen molar-refractivity contribution >= 4 is 5.78 Å². The van der Waals surface area contributed by atoms with Crippen LogP contribution in [0.25, 0.3) is 0 Å². The Hall–Kier alpha value is -3.31. The third-order valence-electron chi connectivity index (χ3n) is 6.97. The van der Waals surface area contributed by atoms with Crippen LogP contribution in [0.5, 0.6) is 17.2 Å². The molecule has 0 spiro atoms. The molecule has 0 saturated heterocycles. The summed E-state index contributed by atoms with van der Waals surface area (Å²) in [6.45, 7) is 19.7. The molecule has 0 aliphatic heterocycles. The second-order valence-electron chi connectivity index (χ2n) is 10.6. The molecule has 0 fully saturated rings. The predicted octanol–water partition coefficient (Wildman–Crippen LogP) is 7.36. The Kier molecular flexibility index (Phi) is 12.5.